The van der Waals surface area contributed by atoms with Crippen LogP contribution in [0.1, 0.15) is 50.8 Å². The summed E-state index contributed by atoms with van der Waals surface area (Å²) in [4.78, 5) is 32.4. The molecule has 7 heteroatoms. The summed E-state index contributed by atoms with van der Waals surface area (Å²) in [5.74, 6) is 0.490. The Morgan fingerprint density at radius 3 is 2.53 bits per heavy atom. The van der Waals surface area contributed by atoms with Crippen molar-refractivity contribution in [1.82, 2.24) is 9.88 Å². The van der Waals surface area contributed by atoms with E-state index in [1.54, 1.807) is 24.2 Å². The number of hydrogen-bond acceptors (Lipinski definition) is 5. The predicted molar refractivity (Wildman–Crippen MR) is 114 cm³/mol. The highest BCUT2D eigenvalue weighted by molar-refractivity contribution is 5.85. The Labute approximate surface area is 177 Å². The Bertz CT molecular complexity index is 862. The van der Waals surface area contributed by atoms with Crippen molar-refractivity contribution < 1.29 is 19.1 Å². The lowest BCUT2D eigenvalue weighted by molar-refractivity contribution is 0.0588. The smallest absolute Gasteiger partial charge is 0.415 e. The van der Waals surface area contributed by atoms with E-state index in [1.165, 1.54) is 4.90 Å². The van der Waals surface area contributed by atoms with E-state index in [-0.39, 0.29) is 18.7 Å². The van der Waals surface area contributed by atoms with Crippen molar-refractivity contribution in [2.24, 2.45) is 0 Å². The molecule has 2 amide bonds. The molecule has 30 heavy (non-hydrogen) atoms. The van der Waals surface area contributed by atoms with Gasteiger partial charge in [-0.3, -0.25) is 4.90 Å². The van der Waals surface area contributed by atoms with Crippen molar-refractivity contribution in [2.45, 2.75) is 51.9 Å². The topological polar surface area (TPSA) is 72.0 Å². The number of nitrogens with zero attached hydrogens (tertiary/aromatic N) is 3. The number of pyridine rings is 1. The van der Waals surface area contributed by atoms with E-state index in [1.807, 2.05) is 57.2 Å². The van der Waals surface area contributed by atoms with Crippen molar-refractivity contribution in [2.75, 3.05) is 18.5 Å². The zero-order chi connectivity index (χ0) is 21.7. The lowest BCUT2D eigenvalue weighted by Crippen LogP contribution is -2.34. The molecular weight excluding hydrogens is 382 g/mol. The quantitative estimate of drug-likeness (QED) is 0.714. The number of benzene rings is 1. The predicted octanol–water partition coefficient (Wildman–Crippen LogP) is 4.93. The maximum atomic E-state index is 12.6. The van der Waals surface area contributed by atoms with Crippen LogP contribution in [0.15, 0.2) is 48.7 Å². The largest absolute Gasteiger partial charge is 0.445 e. The van der Waals surface area contributed by atoms with Gasteiger partial charge < -0.3 is 14.4 Å². The van der Waals surface area contributed by atoms with Crippen molar-refractivity contribution in [3.8, 4) is 0 Å². The fourth-order valence-corrected chi connectivity index (χ4v) is 3.35. The second-order valence-electron chi connectivity index (χ2n) is 8.38. The molecule has 2 heterocycles. The summed E-state index contributed by atoms with van der Waals surface area (Å²) in [5, 5.41) is 0. The molecule has 0 aliphatic carbocycles. The van der Waals surface area contributed by atoms with Crippen LogP contribution in [0.25, 0.3) is 0 Å². The lowest BCUT2D eigenvalue weighted by Gasteiger charge is -2.26. The normalized spacial score (nSPS) is 16.3. The molecule has 1 aliphatic heterocycles. The number of aromatic nitrogens is 1. The Kier molecular flexibility index (Phi) is 6.59. The van der Waals surface area contributed by atoms with Crippen LogP contribution in [-0.2, 0) is 16.1 Å². The number of likely N-dealkylation sites (tertiary alicyclic amines) is 1. The maximum absolute atomic E-state index is 12.6. The first-order valence-electron chi connectivity index (χ1n) is 10.1. The van der Waals surface area contributed by atoms with E-state index in [9.17, 15) is 9.59 Å². The van der Waals surface area contributed by atoms with E-state index < -0.39 is 11.7 Å². The highest BCUT2D eigenvalue weighted by Gasteiger charge is 2.31. The van der Waals surface area contributed by atoms with Gasteiger partial charge in [0, 0.05) is 19.8 Å². The lowest BCUT2D eigenvalue weighted by atomic mass is 10.1. The molecule has 1 aromatic heterocycles. The first-order chi connectivity index (χ1) is 14.2. The molecule has 0 spiro atoms. The highest BCUT2D eigenvalue weighted by Crippen LogP contribution is 2.32. The van der Waals surface area contributed by atoms with Crippen molar-refractivity contribution >= 4 is 18.0 Å². The zero-order valence-electron chi connectivity index (χ0n) is 18.0. The fourth-order valence-electron chi connectivity index (χ4n) is 3.35. The minimum Gasteiger partial charge on any atom is -0.445 e. The third-order valence-electron chi connectivity index (χ3n) is 4.86. The monoisotopic (exact) mass is 411 g/mol. The van der Waals surface area contributed by atoms with Gasteiger partial charge in [-0.15, -0.1) is 0 Å². The van der Waals surface area contributed by atoms with E-state index in [4.69, 9.17) is 9.47 Å². The Morgan fingerprint density at radius 1 is 1.17 bits per heavy atom. The van der Waals surface area contributed by atoms with Gasteiger partial charge in [-0.2, -0.15) is 0 Å². The Hall–Kier alpha value is -3.09. The number of anilines is 1. The SMILES string of the molecule is CN(C(=O)OC(C)(C)C)c1ccc([C@@H]2CCCN2C(=O)OCc2ccccc2)cn1. The van der Waals surface area contributed by atoms with Crippen LogP contribution in [0.5, 0.6) is 0 Å². The molecule has 1 aliphatic rings. The van der Waals surface area contributed by atoms with Crippen molar-refractivity contribution in [3.05, 3.63) is 59.8 Å². The van der Waals surface area contributed by atoms with Crippen molar-refractivity contribution in [3.63, 3.8) is 0 Å². The van der Waals surface area contributed by atoms with Crippen LogP contribution in [0.4, 0.5) is 15.4 Å². The van der Waals surface area contributed by atoms with E-state index >= 15 is 0 Å². The Balaban J connectivity index is 1.63. The average molecular weight is 412 g/mol. The van der Waals surface area contributed by atoms with E-state index in [0.29, 0.717) is 12.4 Å². The molecule has 1 fully saturated rings. The van der Waals surface area contributed by atoms with Crippen LogP contribution < -0.4 is 4.90 Å². The molecule has 3 rings (SSSR count). The third kappa shape index (κ3) is 5.49. The van der Waals surface area contributed by atoms with Gasteiger partial charge >= 0.3 is 12.2 Å². The van der Waals surface area contributed by atoms with Crippen LogP contribution in [0.2, 0.25) is 0 Å². The summed E-state index contributed by atoms with van der Waals surface area (Å²) in [7, 11) is 1.62. The summed E-state index contributed by atoms with van der Waals surface area (Å²) in [6.07, 6.45) is 2.68. The molecule has 7 nitrogen and oxygen atoms in total. The van der Waals surface area contributed by atoms with Gasteiger partial charge in [-0.25, -0.2) is 14.6 Å². The summed E-state index contributed by atoms with van der Waals surface area (Å²) < 4.78 is 10.9. The number of amides is 2. The molecule has 1 saturated heterocycles. The second kappa shape index (κ2) is 9.15. The number of carbonyl (C=O) groups is 2. The van der Waals surface area contributed by atoms with Gasteiger partial charge in [0.25, 0.3) is 0 Å². The van der Waals surface area contributed by atoms with Crippen LogP contribution in [0, 0.1) is 0 Å². The molecule has 0 radical (unpaired) electrons. The van der Waals surface area contributed by atoms with E-state index in [2.05, 4.69) is 4.98 Å². The summed E-state index contributed by atoms with van der Waals surface area (Å²) in [5.41, 5.74) is 1.30. The van der Waals surface area contributed by atoms with Crippen LogP contribution in [0.3, 0.4) is 0 Å². The molecular formula is C23H29N3O4. The summed E-state index contributed by atoms with van der Waals surface area (Å²) in [6, 6.07) is 13.2. The number of ether oxygens (including phenoxy) is 2. The van der Waals surface area contributed by atoms with E-state index in [0.717, 1.165) is 24.0 Å². The van der Waals surface area contributed by atoms with Crippen LogP contribution >= 0.6 is 0 Å². The maximum Gasteiger partial charge on any atom is 0.415 e. The highest BCUT2D eigenvalue weighted by atomic mass is 16.6. The fraction of sp³-hybridized carbons (Fsp3) is 0.435. The van der Waals surface area contributed by atoms with Crippen LogP contribution in [-0.4, -0.2) is 41.3 Å². The standard InChI is InChI=1S/C23H29N3O4/c1-23(2,3)30-21(27)25(4)20-13-12-18(15-24-20)19-11-8-14-26(19)22(28)29-16-17-9-6-5-7-10-17/h5-7,9-10,12-13,15,19H,8,11,14,16H2,1-4H3/t19-/m0/s1. The van der Waals surface area contributed by atoms with Crippen molar-refractivity contribution in [1.29, 1.82) is 0 Å². The number of carbonyl (C=O) groups excluding carboxylic acids is 2. The zero-order valence-corrected chi connectivity index (χ0v) is 18.0. The molecule has 0 unspecified atom stereocenters. The first-order valence-corrected chi connectivity index (χ1v) is 10.1. The van der Waals surface area contributed by atoms with Gasteiger partial charge in [-0.05, 0) is 50.8 Å². The average Bonchev–Trinajstić information content (AvgIpc) is 3.21. The molecule has 0 N–H and O–H groups in total. The molecule has 0 saturated carbocycles. The Morgan fingerprint density at radius 2 is 1.90 bits per heavy atom. The molecule has 160 valence electrons. The molecule has 1 aromatic carbocycles. The third-order valence-corrected chi connectivity index (χ3v) is 4.86. The minimum absolute atomic E-state index is 0.0818. The first kappa shape index (κ1) is 21.6. The minimum atomic E-state index is -0.574. The summed E-state index contributed by atoms with van der Waals surface area (Å²) in [6.45, 7) is 6.36. The van der Waals surface area contributed by atoms with Gasteiger partial charge in [-0.1, -0.05) is 36.4 Å². The van der Waals surface area contributed by atoms with Gasteiger partial charge in [0.15, 0.2) is 0 Å². The number of rotatable bonds is 4. The number of hydrogen-bond donors (Lipinski definition) is 0. The molecule has 2 aromatic rings. The second-order valence-corrected chi connectivity index (χ2v) is 8.38. The van der Waals surface area contributed by atoms with Gasteiger partial charge in [0.1, 0.15) is 18.0 Å². The van der Waals surface area contributed by atoms with Gasteiger partial charge in [0.2, 0.25) is 0 Å². The molecule has 1 atom stereocenters. The van der Waals surface area contributed by atoms with Gasteiger partial charge in [0.05, 0.1) is 6.04 Å². The molecule has 0 bridgehead atoms. The summed E-state index contributed by atoms with van der Waals surface area (Å²) >= 11 is 0.